The second-order valence-corrected chi connectivity index (χ2v) is 5.13. The Labute approximate surface area is 98.7 Å². The molecule has 0 unspecified atom stereocenters. The zero-order chi connectivity index (χ0) is 12.5. The summed E-state index contributed by atoms with van der Waals surface area (Å²) in [5.74, 6) is 4.87. The molecule has 0 atom stereocenters. The van der Waals surface area contributed by atoms with Gasteiger partial charge in [0.05, 0.1) is 12.7 Å². The van der Waals surface area contributed by atoms with Gasteiger partial charge in [0.2, 0.25) is 5.88 Å². The number of hydrogen-bond acceptors (Lipinski definition) is 5. The van der Waals surface area contributed by atoms with Gasteiger partial charge in [-0.05, 0) is 17.7 Å². The van der Waals surface area contributed by atoms with E-state index < -0.39 is 16.1 Å². The maximum absolute atomic E-state index is 11.5. The zero-order valence-electron chi connectivity index (χ0n) is 8.79. The number of nitrogens with zero attached hydrogens (tertiary/aromatic N) is 1. The lowest BCUT2D eigenvalue weighted by molar-refractivity contribution is 0.390. The first-order valence-electron chi connectivity index (χ1n) is 4.77. The standard InChI is InChI=1S/C9H12N4O3S/c10-11-8-3-1-2-7(4-8)5-13-6-9(14)12-17(13,15)16/h1-4,6,11-12,14H,5,10H2. The van der Waals surface area contributed by atoms with E-state index in [4.69, 9.17) is 10.9 Å². The van der Waals surface area contributed by atoms with Crippen LogP contribution in [0.2, 0.25) is 0 Å². The van der Waals surface area contributed by atoms with Gasteiger partial charge in [0.1, 0.15) is 0 Å². The summed E-state index contributed by atoms with van der Waals surface area (Å²) >= 11 is 0. The first-order chi connectivity index (χ1) is 8.01. The highest BCUT2D eigenvalue weighted by Crippen LogP contribution is 2.17. The highest BCUT2D eigenvalue weighted by molar-refractivity contribution is 7.87. The summed E-state index contributed by atoms with van der Waals surface area (Å²) in [6.45, 7) is 0.120. The van der Waals surface area contributed by atoms with Crippen LogP contribution >= 0.6 is 0 Å². The predicted molar refractivity (Wildman–Crippen MR) is 62.6 cm³/mol. The van der Waals surface area contributed by atoms with Crippen LogP contribution in [0.5, 0.6) is 0 Å². The third-order valence-electron chi connectivity index (χ3n) is 2.24. The molecule has 0 fully saturated rings. The van der Waals surface area contributed by atoms with Crippen molar-refractivity contribution in [3.63, 3.8) is 0 Å². The van der Waals surface area contributed by atoms with E-state index in [1.165, 1.54) is 0 Å². The summed E-state index contributed by atoms with van der Waals surface area (Å²) in [5.41, 5.74) is 3.90. The molecule has 0 aromatic heterocycles. The minimum Gasteiger partial charge on any atom is -0.493 e. The summed E-state index contributed by atoms with van der Waals surface area (Å²) in [5, 5.41) is 9.11. The van der Waals surface area contributed by atoms with Crippen LogP contribution in [-0.2, 0) is 16.8 Å². The summed E-state index contributed by atoms with van der Waals surface area (Å²) < 4.78 is 26.0. The average Bonchev–Trinajstić information content (AvgIpc) is 2.52. The lowest BCUT2D eigenvalue weighted by Gasteiger charge is -2.14. The normalized spacial score (nSPS) is 17.5. The number of nitrogen functional groups attached to an aromatic ring is 1. The smallest absolute Gasteiger partial charge is 0.326 e. The molecule has 7 nitrogen and oxygen atoms in total. The van der Waals surface area contributed by atoms with Crippen LogP contribution in [0.25, 0.3) is 0 Å². The van der Waals surface area contributed by atoms with E-state index in [1.807, 2.05) is 4.72 Å². The van der Waals surface area contributed by atoms with E-state index >= 15 is 0 Å². The van der Waals surface area contributed by atoms with Gasteiger partial charge in [0.25, 0.3) is 0 Å². The Morgan fingerprint density at radius 1 is 1.47 bits per heavy atom. The molecule has 1 aromatic rings. The Morgan fingerprint density at radius 3 is 2.82 bits per heavy atom. The van der Waals surface area contributed by atoms with Crippen molar-refractivity contribution in [2.24, 2.45) is 5.84 Å². The van der Waals surface area contributed by atoms with Gasteiger partial charge in [-0.3, -0.25) is 10.1 Å². The average molecular weight is 256 g/mol. The molecular formula is C9H12N4O3S. The van der Waals surface area contributed by atoms with Gasteiger partial charge in [0.15, 0.2) is 0 Å². The second kappa shape index (κ2) is 4.15. The topological polar surface area (TPSA) is 108 Å². The Hall–Kier alpha value is -1.93. The maximum atomic E-state index is 11.5. The molecule has 2 rings (SSSR count). The van der Waals surface area contributed by atoms with Crippen molar-refractivity contribution in [1.82, 2.24) is 9.03 Å². The number of benzene rings is 1. The fourth-order valence-electron chi connectivity index (χ4n) is 1.49. The molecule has 0 aliphatic carbocycles. The van der Waals surface area contributed by atoms with Crippen molar-refractivity contribution >= 4 is 15.9 Å². The fraction of sp³-hybridized carbons (Fsp3) is 0.111. The molecule has 0 amide bonds. The molecular weight excluding hydrogens is 244 g/mol. The Balaban J connectivity index is 2.21. The van der Waals surface area contributed by atoms with E-state index in [0.29, 0.717) is 5.69 Å². The van der Waals surface area contributed by atoms with Gasteiger partial charge >= 0.3 is 10.2 Å². The number of aliphatic hydroxyl groups excluding tert-OH is 1. The molecule has 0 spiro atoms. The van der Waals surface area contributed by atoms with Crippen molar-refractivity contribution < 1.29 is 13.5 Å². The quantitative estimate of drug-likeness (QED) is 0.449. The van der Waals surface area contributed by atoms with Gasteiger partial charge in [0, 0.05) is 5.69 Å². The predicted octanol–water partition coefficient (Wildman–Crippen LogP) is -0.0209. The third-order valence-corrected chi connectivity index (χ3v) is 3.56. The van der Waals surface area contributed by atoms with Gasteiger partial charge in [-0.1, -0.05) is 12.1 Å². The molecule has 0 bridgehead atoms. The monoisotopic (exact) mass is 256 g/mol. The molecule has 5 N–H and O–H groups in total. The van der Waals surface area contributed by atoms with E-state index in [-0.39, 0.29) is 6.54 Å². The van der Waals surface area contributed by atoms with E-state index in [2.05, 4.69) is 5.43 Å². The Kier molecular flexibility index (Phi) is 2.82. The van der Waals surface area contributed by atoms with Crippen molar-refractivity contribution in [2.75, 3.05) is 5.43 Å². The van der Waals surface area contributed by atoms with Crippen LogP contribution in [-0.4, -0.2) is 17.8 Å². The number of anilines is 1. The highest BCUT2D eigenvalue weighted by Gasteiger charge is 2.26. The fourth-order valence-corrected chi connectivity index (χ4v) is 2.48. The number of nitrogens with one attached hydrogen (secondary N) is 2. The highest BCUT2D eigenvalue weighted by atomic mass is 32.2. The number of hydrazine groups is 1. The summed E-state index contributed by atoms with van der Waals surface area (Å²) in [4.78, 5) is 0. The van der Waals surface area contributed by atoms with Crippen LogP contribution in [0.3, 0.4) is 0 Å². The molecule has 1 heterocycles. The van der Waals surface area contributed by atoms with Gasteiger partial charge in [-0.15, -0.1) is 0 Å². The first kappa shape index (κ1) is 11.6. The van der Waals surface area contributed by atoms with Crippen molar-refractivity contribution in [2.45, 2.75) is 6.54 Å². The largest absolute Gasteiger partial charge is 0.493 e. The van der Waals surface area contributed by atoms with Crippen LogP contribution in [0.4, 0.5) is 5.69 Å². The van der Waals surface area contributed by atoms with Gasteiger partial charge in [-0.25, -0.2) is 4.72 Å². The van der Waals surface area contributed by atoms with E-state index in [9.17, 15) is 8.42 Å². The van der Waals surface area contributed by atoms with Crippen molar-refractivity contribution in [3.05, 3.63) is 41.9 Å². The summed E-state index contributed by atoms with van der Waals surface area (Å²) in [7, 11) is -3.66. The number of nitrogens with two attached hydrogens (primary N) is 1. The lowest BCUT2D eigenvalue weighted by Crippen LogP contribution is -2.29. The lowest BCUT2D eigenvalue weighted by atomic mass is 10.2. The molecule has 1 aromatic carbocycles. The molecule has 17 heavy (non-hydrogen) atoms. The minimum atomic E-state index is -3.66. The molecule has 0 radical (unpaired) electrons. The molecule has 1 aliphatic heterocycles. The van der Waals surface area contributed by atoms with Gasteiger partial charge in [-0.2, -0.15) is 8.42 Å². The number of hydrogen-bond donors (Lipinski definition) is 4. The molecule has 1 aliphatic rings. The first-order valence-corrected chi connectivity index (χ1v) is 6.21. The maximum Gasteiger partial charge on any atom is 0.326 e. The minimum absolute atomic E-state index is 0.120. The summed E-state index contributed by atoms with van der Waals surface area (Å²) in [6, 6.07) is 7.00. The summed E-state index contributed by atoms with van der Waals surface area (Å²) in [6.07, 6.45) is 1.12. The number of rotatable bonds is 3. The van der Waals surface area contributed by atoms with E-state index in [1.54, 1.807) is 24.3 Å². The van der Waals surface area contributed by atoms with E-state index in [0.717, 1.165) is 16.1 Å². The van der Waals surface area contributed by atoms with Crippen LogP contribution in [0.1, 0.15) is 5.56 Å². The number of aliphatic hydroxyl groups is 1. The van der Waals surface area contributed by atoms with Crippen LogP contribution < -0.4 is 16.0 Å². The molecule has 92 valence electrons. The van der Waals surface area contributed by atoms with Crippen molar-refractivity contribution in [1.29, 1.82) is 0 Å². The van der Waals surface area contributed by atoms with Gasteiger partial charge < -0.3 is 10.5 Å². The molecule has 0 saturated heterocycles. The molecule has 0 saturated carbocycles. The second-order valence-electron chi connectivity index (χ2n) is 3.51. The van der Waals surface area contributed by atoms with Crippen LogP contribution in [0.15, 0.2) is 36.3 Å². The third kappa shape index (κ3) is 2.43. The Morgan fingerprint density at radius 2 is 2.24 bits per heavy atom. The van der Waals surface area contributed by atoms with Crippen LogP contribution in [0, 0.1) is 0 Å². The SMILES string of the molecule is NNc1cccc(CN2C=C(O)NS2(=O)=O)c1. The zero-order valence-corrected chi connectivity index (χ0v) is 9.61. The van der Waals surface area contributed by atoms with Crippen molar-refractivity contribution in [3.8, 4) is 0 Å². The molecule has 8 heteroatoms. The Bertz CT molecular complexity index is 555.